The summed E-state index contributed by atoms with van der Waals surface area (Å²) in [6.07, 6.45) is 1.75. The predicted octanol–water partition coefficient (Wildman–Crippen LogP) is 1.51. The van der Waals surface area contributed by atoms with Gasteiger partial charge in [-0.25, -0.2) is 4.98 Å². The number of halogens is 1. The molecule has 0 spiro atoms. The SMILES string of the molecule is CCc1cnc(C(CC)(C(=O)O)C(=O)O)c(Cl)n1. The van der Waals surface area contributed by atoms with Crippen LogP contribution in [-0.2, 0) is 21.4 Å². The zero-order chi connectivity index (χ0) is 13.9. The molecule has 6 nitrogen and oxygen atoms in total. The van der Waals surface area contributed by atoms with Crippen LogP contribution in [0.1, 0.15) is 31.7 Å². The average Bonchev–Trinajstić information content (AvgIpc) is 2.31. The largest absolute Gasteiger partial charge is 0.480 e. The molecule has 0 bridgehead atoms. The Morgan fingerprint density at radius 3 is 2.22 bits per heavy atom. The minimum Gasteiger partial charge on any atom is -0.480 e. The number of hydrogen-bond donors (Lipinski definition) is 2. The summed E-state index contributed by atoms with van der Waals surface area (Å²) in [5, 5.41) is 18.2. The number of nitrogens with zero attached hydrogens (tertiary/aromatic N) is 2. The molecule has 0 aromatic carbocycles. The van der Waals surface area contributed by atoms with Gasteiger partial charge in [-0.3, -0.25) is 14.6 Å². The molecule has 1 aromatic heterocycles. The Bertz CT molecular complexity index is 476. The molecular weight excluding hydrogens is 260 g/mol. The maximum Gasteiger partial charge on any atom is 0.327 e. The van der Waals surface area contributed by atoms with Crippen molar-refractivity contribution >= 4 is 23.5 Å². The van der Waals surface area contributed by atoms with Gasteiger partial charge in [-0.1, -0.05) is 25.4 Å². The normalized spacial score (nSPS) is 11.3. The third kappa shape index (κ3) is 2.15. The first-order valence-electron chi connectivity index (χ1n) is 5.38. The van der Waals surface area contributed by atoms with Crippen LogP contribution in [0.5, 0.6) is 0 Å². The van der Waals surface area contributed by atoms with Gasteiger partial charge in [0.15, 0.2) is 5.15 Å². The molecule has 98 valence electrons. The van der Waals surface area contributed by atoms with Crippen molar-refractivity contribution in [1.82, 2.24) is 9.97 Å². The van der Waals surface area contributed by atoms with Gasteiger partial charge in [0.25, 0.3) is 0 Å². The van der Waals surface area contributed by atoms with E-state index in [2.05, 4.69) is 9.97 Å². The summed E-state index contributed by atoms with van der Waals surface area (Å²) in [7, 11) is 0. The summed E-state index contributed by atoms with van der Waals surface area (Å²) >= 11 is 5.86. The van der Waals surface area contributed by atoms with E-state index in [0.717, 1.165) is 0 Å². The highest BCUT2D eigenvalue weighted by Crippen LogP contribution is 2.31. The Balaban J connectivity index is 3.48. The second kappa shape index (κ2) is 5.30. The average molecular weight is 273 g/mol. The lowest BCUT2D eigenvalue weighted by Gasteiger charge is -2.23. The summed E-state index contributed by atoms with van der Waals surface area (Å²) in [4.78, 5) is 30.4. The molecule has 0 aliphatic carbocycles. The fourth-order valence-corrected chi connectivity index (χ4v) is 1.94. The van der Waals surface area contributed by atoms with Crippen molar-refractivity contribution in [2.45, 2.75) is 32.1 Å². The van der Waals surface area contributed by atoms with Gasteiger partial charge in [-0.2, -0.15) is 0 Å². The molecule has 0 aliphatic rings. The van der Waals surface area contributed by atoms with Crippen molar-refractivity contribution in [2.24, 2.45) is 0 Å². The molecule has 0 aliphatic heterocycles. The predicted molar refractivity (Wildman–Crippen MR) is 63.7 cm³/mol. The third-order valence-electron chi connectivity index (χ3n) is 2.81. The number of aromatic nitrogens is 2. The molecule has 7 heteroatoms. The first-order chi connectivity index (χ1) is 8.40. The number of carbonyl (C=O) groups is 2. The van der Waals surface area contributed by atoms with Crippen molar-refractivity contribution in [3.05, 3.63) is 22.7 Å². The molecule has 1 rings (SSSR count). The highest BCUT2D eigenvalue weighted by atomic mass is 35.5. The van der Waals surface area contributed by atoms with Gasteiger partial charge in [0.1, 0.15) is 5.69 Å². The molecule has 2 N–H and O–H groups in total. The van der Waals surface area contributed by atoms with Crippen LogP contribution in [0.25, 0.3) is 0 Å². The molecule has 1 aromatic rings. The van der Waals surface area contributed by atoms with Crippen LogP contribution in [0.4, 0.5) is 0 Å². The number of carboxylic acids is 2. The van der Waals surface area contributed by atoms with Crippen LogP contribution in [0, 0.1) is 0 Å². The van der Waals surface area contributed by atoms with E-state index in [1.807, 2.05) is 6.92 Å². The summed E-state index contributed by atoms with van der Waals surface area (Å²) < 4.78 is 0. The first-order valence-corrected chi connectivity index (χ1v) is 5.76. The van der Waals surface area contributed by atoms with Gasteiger partial charge < -0.3 is 10.2 Å². The molecule has 0 saturated carbocycles. The van der Waals surface area contributed by atoms with Crippen molar-refractivity contribution in [2.75, 3.05) is 0 Å². The maximum absolute atomic E-state index is 11.3. The molecule has 1 heterocycles. The molecule has 18 heavy (non-hydrogen) atoms. The number of aliphatic carboxylic acids is 2. The van der Waals surface area contributed by atoms with Crippen molar-refractivity contribution in [3.8, 4) is 0 Å². The van der Waals surface area contributed by atoms with Crippen LogP contribution >= 0.6 is 11.6 Å². The Kier molecular flexibility index (Phi) is 4.24. The smallest absolute Gasteiger partial charge is 0.327 e. The van der Waals surface area contributed by atoms with E-state index < -0.39 is 17.4 Å². The van der Waals surface area contributed by atoms with Gasteiger partial charge in [-0.05, 0) is 12.8 Å². The Labute approximate surface area is 109 Å². The number of rotatable bonds is 5. The second-order valence-electron chi connectivity index (χ2n) is 3.72. The van der Waals surface area contributed by atoms with E-state index in [-0.39, 0.29) is 17.3 Å². The molecule has 0 saturated heterocycles. The summed E-state index contributed by atoms with van der Waals surface area (Å²) in [6.45, 7) is 3.29. The fraction of sp³-hybridized carbons (Fsp3) is 0.455. The first kappa shape index (κ1) is 14.4. The Morgan fingerprint density at radius 2 is 1.89 bits per heavy atom. The minimum atomic E-state index is -2.16. The monoisotopic (exact) mass is 272 g/mol. The van der Waals surface area contributed by atoms with Crippen LogP contribution in [-0.4, -0.2) is 32.1 Å². The van der Waals surface area contributed by atoms with Crippen molar-refractivity contribution in [3.63, 3.8) is 0 Å². The van der Waals surface area contributed by atoms with Gasteiger partial charge in [0.05, 0.1) is 5.69 Å². The van der Waals surface area contributed by atoms with E-state index in [0.29, 0.717) is 12.1 Å². The van der Waals surface area contributed by atoms with E-state index in [1.54, 1.807) is 0 Å². The lowest BCUT2D eigenvalue weighted by molar-refractivity contribution is -0.158. The van der Waals surface area contributed by atoms with Gasteiger partial charge in [0, 0.05) is 6.20 Å². The number of hydrogen-bond acceptors (Lipinski definition) is 4. The summed E-state index contributed by atoms with van der Waals surface area (Å²) in [6, 6.07) is 0. The highest BCUT2D eigenvalue weighted by molar-refractivity contribution is 6.31. The van der Waals surface area contributed by atoms with Crippen LogP contribution in [0.15, 0.2) is 6.20 Å². The second-order valence-corrected chi connectivity index (χ2v) is 4.08. The quantitative estimate of drug-likeness (QED) is 0.788. The fourth-order valence-electron chi connectivity index (χ4n) is 1.62. The van der Waals surface area contributed by atoms with Crippen molar-refractivity contribution < 1.29 is 19.8 Å². The molecule has 0 atom stereocenters. The molecular formula is C11H13ClN2O4. The van der Waals surface area contributed by atoms with Crippen LogP contribution in [0.2, 0.25) is 5.15 Å². The van der Waals surface area contributed by atoms with Crippen molar-refractivity contribution in [1.29, 1.82) is 0 Å². The minimum absolute atomic E-state index is 0.169. The lowest BCUT2D eigenvalue weighted by atomic mass is 9.82. The van der Waals surface area contributed by atoms with Gasteiger partial charge in [-0.15, -0.1) is 0 Å². The maximum atomic E-state index is 11.3. The van der Waals surface area contributed by atoms with Gasteiger partial charge >= 0.3 is 11.9 Å². The molecule has 0 fully saturated rings. The highest BCUT2D eigenvalue weighted by Gasteiger charge is 2.50. The third-order valence-corrected chi connectivity index (χ3v) is 3.07. The number of aryl methyl sites for hydroxylation is 1. The zero-order valence-corrected chi connectivity index (χ0v) is 10.7. The number of carboxylic acid groups (broad SMARTS) is 2. The van der Waals surface area contributed by atoms with E-state index >= 15 is 0 Å². The Hall–Kier alpha value is -1.69. The molecule has 0 amide bonds. The lowest BCUT2D eigenvalue weighted by Crippen LogP contribution is -2.44. The van der Waals surface area contributed by atoms with E-state index in [9.17, 15) is 19.8 Å². The van der Waals surface area contributed by atoms with Crippen LogP contribution in [0.3, 0.4) is 0 Å². The molecule has 0 unspecified atom stereocenters. The topological polar surface area (TPSA) is 100 Å². The standard InChI is InChI=1S/C11H13ClN2O4/c1-3-6-5-13-7(8(12)14-6)11(4-2,9(15)16)10(17)18/h5H,3-4H2,1-2H3,(H,15,16)(H,17,18). The Morgan fingerprint density at radius 1 is 1.33 bits per heavy atom. The van der Waals surface area contributed by atoms with Gasteiger partial charge in [0.2, 0.25) is 5.41 Å². The van der Waals surface area contributed by atoms with Crippen LogP contribution < -0.4 is 0 Å². The molecule has 0 radical (unpaired) electrons. The zero-order valence-electron chi connectivity index (χ0n) is 9.97. The van der Waals surface area contributed by atoms with E-state index in [4.69, 9.17) is 11.6 Å². The summed E-state index contributed by atoms with van der Waals surface area (Å²) in [5.41, 5.74) is -1.82. The van der Waals surface area contributed by atoms with E-state index in [1.165, 1.54) is 13.1 Å². The summed E-state index contributed by atoms with van der Waals surface area (Å²) in [5.74, 6) is -3.00.